The SMILES string of the molecule is Cc1cc(C)c(S(=O)(=O)N2CCCC2C(=O)OCc2nc(-c3cccs3)no2)c(C)c1. The largest absolute Gasteiger partial charge is 0.454 e. The fourth-order valence-electron chi connectivity index (χ4n) is 4.00. The first-order valence-electron chi connectivity index (χ1n) is 9.90. The van der Waals surface area contributed by atoms with Gasteiger partial charge in [0.15, 0.2) is 6.61 Å². The number of ether oxygens (including phenoxy) is 1. The van der Waals surface area contributed by atoms with Crippen LogP contribution in [0.2, 0.25) is 0 Å². The summed E-state index contributed by atoms with van der Waals surface area (Å²) in [5.74, 6) is -0.0230. The first kappa shape index (κ1) is 21.7. The molecule has 31 heavy (non-hydrogen) atoms. The first-order chi connectivity index (χ1) is 14.8. The lowest BCUT2D eigenvalue weighted by atomic mass is 10.1. The van der Waals surface area contributed by atoms with Gasteiger partial charge in [0, 0.05) is 6.54 Å². The van der Waals surface area contributed by atoms with E-state index in [1.165, 1.54) is 15.6 Å². The molecular weight excluding hydrogens is 438 g/mol. The molecule has 0 saturated carbocycles. The zero-order valence-electron chi connectivity index (χ0n) is 17.5. The smallest absolute Gasteiger partial charge is 0.324 e. The monoisotopic (exact) mass is 461 g/mol. The van der Waals surface area contributed by atoms with Gasteiger partial charge >= 0.3 is 5.97 Å². The van der Waals surface area contributed by atoms with Crippen LogP contribution in [-0.2, 0) is 26.2 Å². The van der Waals surface area contributed by atoms with Crippen LogP contribution in [0, 0.1) is 20.8 Å². The maximum absolute atomic E-state index is 13.4. The fourth-order valence-corrected chi connectivity index (χ4v) is 6.71. The molecule has 0 bridgehead atoms. The summed E-state index contributed by atoms with van der Waals surface area (Å²) in [6.45, 7) is 5.55. The van der Waals surface area contributed by atoms with E-state index in [4.69, 9.17) is 9.26 Å². The Hall–Kier alpha value is -2.56. The van der Waals surface area contributed by atoms with Crippen molar-refractivity contribution in [3.8, 4) is 10.7 Å². The second kappa shape index (κ2) is 8.52. The van der Waals surface area contributed by atoms with Crippen molar-refractivity contribution in [1.82, 2.24) is 14.4 Å². The Bertz CT molecular complexity index is 1180. The minimum absolute atomic E-state index is 0.161. The normalized spacial score (nSPS) is 17.2. The van der Waals surface area contributed by atoms with E-state index in [9.17, 15) is 13.2 Å². The number of carbonyl (C=O) groups excluding carboxylic acids is 1. The molecule has 3 aromatic rings. The molecule has 1 aliphatic rings. The number of aryl methyl sites for hydroxylation is 3. The Morgan fingerprint density at radius 3 is 2.71 bits per heavy atom. The highest BCUT2D eigenvalue weighted by Crippen LogP contribution is 2.31. The number of aromatic nitrogens is 2. The lowest BCUT2D eigenvalue weighted by molar-refractivity contribution is -0.149. The molecule has 0 N–H and O–H groups in total. The molecule has 8 nitrogen and oxygen atoms in total. The molecule has 2 aromatic heterocycles. The predicted molar refractivity (Wildman–Crippen MR) is 115 cm³/mol. The van der Waals surface area contributed by atoms with Crippen molar-refractivity contribution in [3.05, 3.63) is 52.2 Å². The summed E-state index contributed by atoms with van der Waals surface area (Å²) in [6, 6.07) is 6.54. The number of carbonyl (C=O) groups is 1. The van der Waals surface area contributed by atoms with Crippen LogP contribution >= 0.6 is 11.3 Å². The predicted octanol–water partition coefficient (Wildman–Crippen LogP) is 3.62. The van der Waals surface area contributed by atoms with Crippen LogP contribution in [-0.4, -0.2) is 41.4 Å². The van der Waals surface area contributed by atoms with E-state index in [1.807, 2.05) is 36.6 Å². The average molecular weight is 462 g/mol. The zero-order chi connectivity index (χ0) is 22.2. The van der Waals surface area contributed by atoms with Crippen molar-refractivity contribution in [2.75, 3.05) is 6.54 Å². The third-order valence-corrected chi connectivity index (χ3v) is 8.27. The van der Waals surface area contributed by atoms with E-state index >= 15 is 0 Å². The van der Waals surface area contributed by atoms with Crippen LogP contribution < -0.4 is 0 Å². The summed E-state index contributed by atoms with van der Waals surface area (Å²) in [5, 5.41) is 5.78. The zero-order valence-corrected chi connectivity index (χ0v) is 19.1. The first-order valence-corrected chi connectivity index (χ1v) is 12.2. The van der Waals surface area contributed by atoms with E-state index < -0.39 is 22.0 Å². The van der Waals surface area contributed by atoms with Gasteiger partial charge in [0.25, 0.3) is 5.89 Å². The number of sulfonamides is 1. The second-order valence-electron chi connectivity index (χ2n) is 7.60. The molecule has 3 heterocycles. The molecule has 1 fully saturated rings. The molecule has 1 atom stereocenters. The Morgan fingerprint density at radius 1 is 1.29 bits per heavy atom. The molecule has 0 amide bonds. The Balaban J connectivity index is 1.49. The molecule has 164 valence electrons. The van der Waals surface area contributed by atoms with Crippen molar-refractivity contribution >= 4 is 27.3 Å². The van der Waals surface area contributed by atoms with Crippen LogP contribution in [0.1, 0.15) is 35.4 Å². The van der Waals surface area contributed by atoms with Gasteiger partial charge in [0.05, 0.1) is 9.77 Å². The molecule has 10 heteroatoms. The van der Waals surface area contributed by atoms with Crippen LogP contribution in [0.3, 0.4) is 0 Å². The summed E-state index contributed by atoms with van der Waals surface area (Å²) in [7, 11) is -3.84. The van der Waals surface area contributed by atoms with Gasteiger partial charge in [-0.25, -0.2) is 8.42 Å². The highest BCUT2D eigenvalue weighted by molar-refractivity contribution is 7.89. The van der Waals surface area contributed by atoms with Crippen molar-refractivity contribution < 1.29 is 22.5 Å². The van der Waals surface area contributed by atoms with E-state index in [0.717, 1.165) is 10.4 Å². The number of thiophene rings is 1. The van der Waals surface area contributed by atoms with Crippen LogP contribution in [0.15, 0.2) is 39.1 Å². The van der Waals surface area contributed by atoms with Gasteiger partial charge < -0.3 is 9.26 Å². The standard InChI is InChI=1S/C21H23N3O5S2/c1-13-10-14(2)19(15(3)11-13)31(26,27)24-8-4-6-16(24)21(25)28-12-18-22-20(23-29-18)17-7-5-9-30-17/h5,7,9-11,16H,4,6,8,12H2,1-3H3. The Labute approximate surface area is 184 Å². The van der Waals surface area contributed by atoms with Gasteiger partial charge in [-0.2, -0.15) is 9.29 Å². The van der Waals surface area contributed by atoms with Crippen molar-refractivity contribution in [2.45, 2.75) is 51.2 Å². The minimum Gasteiger partial charge on any atom is -0.454 e. The Morgan fingerprint density at radius 2 is 2.03 bits per heavy atom. The van der Waals surface area contributed by atoms with Crippen LogP contribution in [0.4, 0.5) is 0 Å². The number of nitrogens with zero attached hydrogens (tertiary/aromatic N) is 3. The van der Waals surface area contributed by atoms with Gasteiger partial charge in [-0.3, -0.25) is 4.79 Å². The van der Waals surface area contributed by atoms with Gasteiger partial charge in [-0.15, -0.1) is 11.3 Å². The third kappa shape index (κ3) is 4.28. The maximum atomic E-state index is 13.4. The van der Waals surface area contributed by atoms with Crippen LogP contribution in [0.5, 0.6) is 0 Å². The number of benzene rings is 1. The quantitative estimate of drug-likeness (QED) is 0.517. The summed E-state index contributed by atoms with van der Waals surface area (Å²) in [6.07, 6.45) is 0.998. The van der Waals surface area contributed by atoms with Crippen LogP contribution in [0.25, 0.3) is 10.7 Å². The second-order valence-corrected chi connectivity index (χ2v) is 10.4. The van der Waals surface area contributed by atoms with Gasteiger partial charge in [-0.1, -0.05) is 28.9 Å². The molecule has 0 radical (unpaired) electrons. The summed E-state index contributed by atoms with van der Waals surface area (Å²) < 4.78 is 38.5. The summed E-state index contributed by atoms with van der Waals surface area (Å²) >= 11 is 1.47. The molecule has 1 aliphatic heterocycles. The van der Waals surface area contributed by atoms with Crippen molar-refractivity contribution in [3.63, 3.8) is 0 Å². The van der Waals surface area contributed by atoms with Crippen molar-refractivity contribution in [1.29, 1.82) is 0 Å². The highest BCUT2D eigenvalue weighted by Gasteiger charge is 2.41. The molecule has 1 saturated heterocycles. The third-order valence-electron chi connectivity index (χ3n) is 5.19. The minimum atomic E-state index is -3.84. The van der Waals surface area contributed by atoms with E-state index in [0.29, 0.717) is 29.8 Å². The molecule has 4 rings (SSSR count). The Kier molecular flexibility index (Phi) is 5.96. The topological polar surface area (TPSA) is 103 Å². The average Bonchev–Trinajstić information content (AvgIpc) is 3.46. The van der Waals surface area contributed by atoms with Crippen molar-refractivity contribution in [2.24, 2.45) is 0 Å². The molecule has 0 spiro atoms. The number of rotatable bonds is 6. The van der Waals surface area contributed by atoms with Gasteiger partial charge in [-0.05, 0) is 56.2 Å². The molecular formula is C21H23N3O5S2. The lowest BCUT2D eigenvalue weighted by Crippen LogP contribution is -2.41. The number of esters is 1. The van der Waals surface area contributed by atoms with E-state index in [-0.39, 0.29) is 23.9 Å². The molecule has 0 aliphatic carbocycles. The summed E-state index contributed by atoms with van der Waals surface area (Å²) in [5.41, 5.74) is 2.33. The number of hydrogen-bond acceptors (Lipinski definition) is 8. The molecule has 1 unspecified atom stereocenters. The van der Waals surface area contributed by atoms with E-state index in [1.54, 1.807) is 13.8 Å². The van der Waals surface area contributed by atoms with E-state index in [2.05, 4.69) is 10.1 Å². The maximum Gasteiger partial charge on any atom is 0.324 e. The fraction of sp³-hybridized carbons (Fsp3) is 0.381. The number of hydrogen-bond donors (Lipinski definition) is 0. The van der Waals surface area contributed by atoms with Gasteiger partial charge in [0.2, 0.25) is 15.8 Å². The summed E-state index contributed by atoms with van der Waals surface area (Å²) in [4.78, 5) is 18.1. The highest BCUT2D eigenvalue weighted by atomic mass is 32.2. The molecule has 1 aromatic carbocycles. The lowest BCUT2D eigenvalue weighted by Gasteiger charge is -2.24. The van der Waals surface area contributed by atoms with Gasteiger partial charge in [0.1, 0.15) is 6.04 Å².